The van der Waals surface area contributed by atoms with E-state index in [0.717, 1.165) is 4.90 Å². The third kappa shape index (κ3) is 5.68. The summed E-state index contributed by atoms with van der Waals surface area (Å²) < 4.78 is 15.6. The smallest absolute Gasteiger partial charge is 0.343 e. The summed E-state index contributed by atoms with van der Waals surface area (Å²) in [5.74, 6) is -1.47. The molecule has 0 fully saturated rings. The average Bonchev–Trinajstić information content (AvgIpc) is 3.12. The fraction of sp³-hybridized carbons (Fsp3) is 0.143. The molecule has 38 heavy (non-hydrogen) atoms. The minimum atomic E-state index is -0.712. The van der Waals surface area contributed by atoms with Crippen molar-refractivity contribution in [2.45, 2.75) is 20.0 Å². The number of halogens is 1. The summed E-state index contributed by atoms with van der Waals surface area (Å²) in [4.78, 5) is 51.2. The van der Waals surface area contributed by atoms with Gasteiger partial charge < -0.3 is 19.5 Å². The number of nitrogens with zero attached hydrogens (tertiary/aromatic N) is 1. The molecule has 0 unspecified atom stereocenters. The van der Waals surface area contributed by atoms with E-state index in [0.29, 0.717) is 17.2 Å². The number of ether oxygens (including phenoxy) is 3. The summed E-state index contributed by atoms with van der Waals surface area (Å²) in [6.45, 7) is 3.47. The standard InChI is InChI=1S/C28H23ClN2O7/c1-16(2)37-27(34)18-6-10-20(11-7-18)31-25(32)23(29)24(26(31)33)30-19-8-4-17(5-9-19)28(35)38-22-14-12-21(36-3)13-15-22/h4-16,30H,1-3H3. The molecule has 0 saturated carbocycles. The average molecular weight is 535 g/mol. The monoisotopic (exact) mass is 534 g/mol. The van der Waals surface area contributed by atoms with Crippen LogP contribution in [0.3, 0.4) is 0 Å². The predicted octanol–water partition coefficient (Wildman–Crippen LogP) is 4.92. The van der Waals surface area contributed by atoms with Crippen molar-refractivity contribution in [3.8, 4) is 11.5 Å². The molecule has 2 amide bonds. The minimum absolute atomic E-state index is 0.117. The molecule has 1 aliphatic heterocycles. The Kier molecular flexibility index (Phi) is 7.78. The second-order valence-corrected chi connectivity index (χ2v) is 8.78. The van der Waals surface area contributed by atoms with Crippen LogP contribution in [0.1, 0.15) is 34.6 Å². The van der Waals surface area contributed by atoms with Crippen LogP contribution in [0.2, 0.25) is 0 Å². The van der Waals surface area contributed by atoms with E-state index in [1.54, 1.807) is 50.2 Å². The number of nitrogens with one attached hydrogen (secondary N) is 1. The molecule has 9 nitrogen and oxygen atoms in total. The molecule has 4 rings (SSSR count). The molecule has 194 valence electrons. The highest BCUT2D eigenvalue weighted by Gasteiger charge is 2.39. The van der Waals surface area contributed by atoms with Gasteiger partial charge in [-0.05, 0) is 86.6 Å². The van der Waals surface area contributed by atoms with Crippen molar-refractivity contribution in [1.82, 2.24) is 0 Å². The third-order valence-electron chi connectivity index (χ3n) is 5.39. The molecule has 0 atom stereocenters. The van der Waals surface area contributed by atoms with Crippen molar-refractivity contribution in [3.05, 3.63) is 94.7 Å². The van der Waals surface area contributed by atoms with E-state index in [9.17, 15) is 19.2 Å². The number of imide groups is 1. The second kappa shape index (κ2) is 11.2. The highest BCUT2D eigenvalue weighted by Crippen LogP contribution is 2.30. The lowest BCUT2D eigenvalue weighted by Gasteiger charge is -2.16. The van der Waals surface area contributed by atoms with Crippen molar-refractivity contribution in [2.75, 3.05) is 17.3 Å². The van der Waals surface area contributed by atoms with Gasteiger partial charge in [-0.25, -0.2) is 14.5 Å². The zero-order valence-corrected chi connectivity index (χ0v) is 21.4. The van der Waals surface area contributed by atoms with Gasteiger partial charge in [0, 0.05) is 5.69 Å². The summed E-state index contributed by atoms with van der Waals surface area (Å²) in [6, 6.07) is 18.5. The Morgan fingerprint density at radius 2 is 1.34 bits per heavy atom. The van der Waals surface area contributed by atoms with Gasteiger partial charge in [-0.3, -0.25) is 9.59 Å². The van der Waals surface area contributed by atoms with E-state index in [-0.39, 0.29) is 33.6 Å². The maximum atomic E-state index is 13.0. The molecular weight excluding hydrogens is 512 g/mol. The zero-order chi connectivity index (χ0) is 27.4. The molecule has 3 aromatic rings. The van der Waals surface area contributed by atoms with Crippen molar-refractivity contribution in [1.29, 1.82) is 0 Å². The quantitative estimate of drug-likeness (QED) is 0.246. The second-order valence-electron chi connectivity index (χ2n) is 8.40. The van der Waals surface area contributed by atoms with Gasteiger partial charge in [-0.15, -0.1) is 0 Å². The molecule has 0 bridgehead atoms. The number of carbonyl (C=O) groups excluding carboxylic acids is 4. The molecule has 1 N–H and O–H groups in total. The van der Waals surface area contributed by atoms with Crippen molar-refractivity contribution in [2.24, 2.45) is 0 Å². The first-order chi connectivity index (χ1) is 18.2. The van der Waals surface area contributed by atoms with E-state index in [1.807, 2.05) is 0 Å². The summed E-state index contributed by atoms with van der Waals surface area (Å²) in [5.41, 5.74) is 1.11. The topological polar surface area (TPSA) is 111 Å². The first-order valence-electron chi connectivity index (χ1n) is 11.5. The van der Waals surface area contributed by atoms with Gasteiger partial charge >= 0.3 is 11.9 Å². The zero-order valence-electron chi connectivity index (χ0n) is 20.7. The Morgan fingerprint density at radius 3 is 1.92 bits per heavy atom. The number of hydrogen-bond acceptors (Lipinski definition) is 8. The number of anilines is 2. The predicted molar refractivity (Wildman–Crippen MR) is 140 cm³/mol. The minimum Gasteiger partial charge on any atom is -0.497 e. The molecule has 0 radical (unpaired) electrons. The number of methoxy groups -OCH3 is 1. The maximum absolute atomic E-state index is 13.0. The van der Waals surface area contributed by atoms with E-state index in [1.165, 1.54) is 43.5 Å². The fourth-order valence-corrected chi connectivity index (χ4v) is 3.73. The van der Waals surface area contributed by atoms with E-state index >= 15 is 0 Å². The molecule has 0 aliphatic carbocycles. The fourth-order valence-electron chi connectivity index (χ4n) is 3.52. The van der Waals surface area contributed by atoms with Crippen LogP contribution in [0.25, 0.3) is 0 Å². The lowest BCUT2D eigenvalue weighted by molar-refractivity contribution is -0.120. The normalized spacial score (nSPS) is 13.1. The number of esters is 2. The Morgan fingerprint density at radius 1 is 0.789 bits per heavy atom. The summed E-state index contributed by atoms with van der Waals surface area (Å²) >= 11 is 6.20. The van der Waals surface area contributed by atoms with E-state index in [2.05, 4.69) is 5.32 Å². The first kappa shape index (κ1) is 26.4. The van der Waals surface area contributed by atoms with Crippen LogP contribution in [-0.2, 0) is 14.3 Å². The highest BCUT2D eigenvalue weighted by molar-refractivity contribution is 6.53. The molecular formula is C28H23ClN2O7. The Hall–Kier alpha value is -4.63. The highest BCUT2D eigenvalue weighted by atomic mass is 35.5. The van der Waals surface area contributed by atoms with Gasteiger partial charge in [-0.1, -0.05) is 11.6 Å². The molecule has 3 aromatic carbocycles. The van der Waals surface area contributed by atoms with Gasteiger partial charge in [0.05, 0.1) is 30.0 Å². The summed E-state index contributed by atoms with van der Waals surface area (Å²) in [5, 5.41) is 2.56. The van der Waals surface area contributed by atoms with Crippen molar-refractivity contribution in [3.63, 3.8) is 0 Å². The SMILES string of the molecule is COc1ccc(OC(=O)c2ccc(NC3=C(Cl)C(=O)N(c4ccc(C(=O)OC(C)C)cc4)C3=O)cc2)cc1. The van der Waals surface area contributed by atoms with Crippen LogP contribution in [0.5, 0.6) is 11.5 Å². The van der Waals surface area contributed by atoms with Crippen molar-refractivity contribution < 1.29 is 33.4 Å². The summed E-state index contributed by atoms with van der Waals surface area (Å²) in [6.07, 6.45) is -0.284. The lowest BCUT2D eigenvalue weighted by Crippen LogP contribution is -2.32. The van der Waals surface area contributed by atoms with Gasteiger partial charge in [0.15, 0.2) is 0 Å². The van der Waals surface area contributed by atoms with Crippen LogP contribution < -0.4 is 19.7 Å². The number of amides is 2. The van der Waals surface area contributed by atoms with Gasteiger partial charge in [-0.2, -0.15) is 0 Å². The third-order valence-corrected chi connectivity index (χ3v) is 5.74. The van der Waals surface area contributed by atoms with Crippen molar-refractivity contribution >= 4 is 46.7 Å². The van der Waals surface area contributed by atoms with Gasteiger partial charge in [0.2, 0.25) is 0 Å². The van der Waals surface area contributed by atoms with Crippen LogP contribution in [0.15, 0.2) is 83.5 Å². The van der Waals surface area contributed by atoms with Crippen LogP contribution in [-0.4, -0.2) is 37.0 Å². The van der Waals surface area contributed by atoms with Crippen LogP contribution in [0, 0.1) is 0 Å². The van der Waals surface area contributed by atoms with Crippen LogP contribution in [0.4, 0.5) is 11.4 Å². The largest absolute Gasteiger partial charge is 0.497 e. The molecule has 1 heterocycles. The molecule has 1 aliphatic rings. The molecule has 0 saturated heterocycles. The molecule has 10 heteroatoms. The van der Waals surface area contributed by atoms with Gasteiger partial charge in [0.1, 0.15) is 22.2 Å². The van der Waals surface area contributed by atoms with E-state index in [4.69, 9.17) is 25.8 Å². The Bertz CT molecular complexity index is 1410. The lowest BCUT2D eigenvalue weighted by atomic mass is 10.2. The van der Waals surface area contributed by atoms with E-state index < -0.39 is 23.8 Å². The number of carbonyl (C=O) groups is 4. The number of rotatable bonds is 8. The molecule has 0 aromatic heterocycles. The van der Waals surface area contributed by atoms with Crippen LogP contribution >= 0.6 is 11.6 Å². The van der Waals surface area contributed by atoms with Gasteiger partial charge in [0.25, 0.3) is 11.8 Å². The number of hydrogen-bond donors (Lipinski definition) is 1. The first-order valence-corrected chi connectivity index (χ1v) is 11.9. The molecule has 0 spiro atoms. The Balaban J connectivity index is 1.43. The number of benzene rings is 3. The Labute approximate surface area is 223 Å². The summed E-state index contributed by atoms with van der Waals surface area (Å²) in [7, 11) is 1.54. The maximum Gasteiger partial charge on any atom is 0.343 e.